The van der Waals surface area contributed by atoms with E-state index in [9.17, 15) is 9.59 Å². The van der Waals surface area contributed by atoms with Crippen molar-refractivity contribution in [3.8, 4) is 0 Å². The number of carbonyl (C=O) groups excluding carboxylic acids is 2. The number of rotatable bonds is 4. The van der Waals surface area contributed by atoms with Gasteiger partial charge in [0, 0.05) is 37.5 Å². The molecule has 2 aromatic rings. The number of anilines is 2. The molecule has 0 unspecified atom stereocenters. The molecule has 5 heteroatoms. The quantitative estimate of drug-likeness (QED) is 0.940. The van der Waals surface area contributed by atoms with Crippen LogP contribution >= 0.6 is 0 Å². The highest BCUT2D eigenvalue weighted by Crippen LogP contribution is 2.30. The molecule has 0 atom stereocenters. The van der Waals surface area contributed by atoms with Crippen molar-refractivity contribution in [2.45, 2.75) is 20.0 Å². The normalized spacial score (nSPS) is 12.8. The van der Waals surface area contributed by atoms with E-state index in [2.05, 4.69) is 5.32 Å². The lowest BCUT2D eigenvalue weighted by molar-refractivity contribution is -0.116. The van der Waals surface area contributed by atoms with Gasteiger partial charge < -0.3 is 15.0 Å². The van der Waals surface area contributed by atoms with Gasteiger partial charge in [-0.15, -0.1) is 0 Å². The second-order valence-corrected chi connectivity index (χ2v) is 5.85. The van der Waals surface area contributed by atoms with Crippen molar-refractivity contribution in [1.29, 1.82) is 0 Å². The number of hydrogen-bond donors (Lipinski definition) is 1. The molecule has 0 spiro atoms. The summed E-state index contributed by atoms with van der Waals surface area (Å²) in [5.41, 5.74) is 4.30. The number of fused-ring (bicyclic) bond motifs is 1. The van der Waals surface area contributed by atoms with Crippen LogP contribution in [-0.4, -0.2) is 25.5 Å². The van der Waals surface area contributed by atoms with Crippen LogP contribution in [0, 0.1) is 0 Å². The van der Waals surface area contributed by atoms with Crippen LogP contribution in [0.15, 0.2) is 42.5 Å². The fourth-order valence-electron chi connectivity index (χ4n) is 2.98. The maximum absolute atomic E-state index is 12.4. The number of benzene rings is 2. The molecule has 0 radical (unpaired) electrons. The molecular weight excluding hydrogens is 304 g/mol. The Hall–Kier alpha value is -2.66. The molecule has 0 saturated heterocycles. The van der Waals surface area contributed by atoms with Gasteiger partial charge in [0.1, 0.15) is 0 Å². The molecular formula is C19H20N2O3. The summed E-state index contributed by atoms with van der Waals surface area (Å²) >= 11 is 0. The largest absolute Gasteiger partial charge is 0.380 e. The summed E-state index contributed by atoms with van der Waals surface area (Å²) < 4.78 is 5.10. The highest BCUT2D eigenvalue weighted by Gasteiger charge is 2.22. The second-order valence-electron chi connectivity index (χ2n) is 5.85. The van der Waals surface area contributed by atoms with E-state index >= 15 is 0 Å². The molecule has 3 rings (SSSR count). The van der Waals surface area contributed by atoms with Gasteiger partial charge in [0.2, 0.25) is 5.91 Å². The fraction of sp³-hybridized carbons (Fsp3) is 0.263. The van der Waals surface area contributed by atoms with Gasteiger partial charge in [0.25, 0.3) is 5.91 Å². The molecule has 1 heterocycles. The number of amides is 2. The zero-order chi connectivity index (χ0) is 17.1. The van der Waals surface area contributed by atoms with E-state index < -0.39 is 0 Å². The Balaban J connectivity index is 1.76. The first-order valence-corrected chi connectivity index (χ1v) is 7.89. The fourth-order valence-corrected chi connectivity index (χ4v) is 2.98. The molecule has 0 saturated carbocycles. The Morgan fingerprint density at radius 3 is 2.79 bits per heavy atom. The molecule has 24 heavy (non-hydrogen) atoms. The summed E-state index contributed by atoms with van der Waals surface area (Å²) in [6.45, 7) is 2.74. The van der Waals surface area contributed by atoms with Crippen molar-refractivity contribution in [2.24, 2.45) is 0 Å². The maximum Gasteiger partial charge on any atom is 0.255 e. The number of nitrogens with one attached hydrogen (secondary N) is 1. The van der Waals surface area contributed by atoms with Crippen LogP contribution in [0.4, 0.5) is 11.4 Å². The molecule has 1 N–H and O–H groups in total. The summed E-state index contributed by atoms with van der Waals surface area (Å²) in [6.07, 6.45) is 0.807. The van der Waals surface area contributed by atoms with Crippen molar-refractivity contribution in [2.75, 3.05) is 23.9 Å². The van der Waals surface area contributed by atoms with E-state index in [1.54, 1.807) is 25.0 Å². The van der Waals surface area contributed by atoms with Gasteiger partial charge in [-0.25, -0.2) is 0 Å². The van der Waals surface area contributed by atoms with E-state index in [0.717, 1.165) is 28.9 Å². The van der Waals surface area contributed by atoms with Crippen molar-refractivity contribution >= 4 is 23.2 Å². The topological polar surface area (TPSA) is 58.6 Å². The van der Waals surface area contributed by atoms with Crippen LogP contribution in [-0.2, 0) is 22.6 Å². The minimum Gasteiger partial charge on any atom is -0.380 e. The van der Waals surface area contributed by atoms with Crippen LogP contribution in [0.3, 0.4) is 0 Å². The molecule has 5 nitrogen and oxygen atoms in total. The van der Waals surface area contributed by atoms with Crippen molar-refractivity contribution < 1.29 is 14.3 Å². The maximum atomic E-state index is 12.4. The van der Waals surface area contributed by atoms with E-state index in [0.29, 0.717) is 18.7 Å². The number of hydrogen-bond acceptors (Lipinski definition) is 3. The Kier molecular flexibility index (Phi) is 4.62. The predicted octanol–water partition coefficient (Wildman–Crippen LogP) is 2.99. The summed E-state index contributed by atoms with van der Waals surface area (Å²) in [7, 11) is 1.63. The Labute approximate surface area is 141 Å². The third kappa shape index (κ3) is 3.31. The number of methoxy groups -OCH3 is 1. The lowest BCUT2D eigenvalue weighted by Gasteiger charge is -2.15. The summed E-state index contributed by atoms with van der Waals surface area (Å²) in [4.78, 5) is 25.8. The Morgan fingerprint density at radius 1 is 1.21 bits per heavy atom. The smallest absolute Gasteiger partial charge is 0.255 e. The van der Waals surface area contributed by atoms with Gasteiger partial charge in [0.15, 0.2) is 0 Å². The minimum absolute atomic E-state index is 0.0421. The second kappa shape index (κ2) is 6.84. The van der Waals surface area contributed by atoms with Gasteiger partial charge in [-0.05, 0) is 47.9 Å². The lowest BCUT2D eigenvalue weighted by atomic mass is 10.1. The van der Waals surface area contributed by atoms with E-state index in [-0.39, 0.29) is 11.8 Å². The third-order valence-electron chi connectivity index (χ3n) is 4.11. The van der Waals surface area contributed by atoms with Crippen LogP contribution in [0.25, 0.3) is 0 Å². The molecule has 0 fully saturated rings. The molecule has 0 aromatic heterocycles. The van der Waals surface area contributed by atoms with Gasteiger partial charge >= 0.3 is 0 Å². The molecule has 0 aliphatic carbocycles. The highest BCUT2D eigenvalue weighted by molar-refractivity contribution is 6.04. The van der Waals surface area contributed by atoms with Crippen LogP contribution in [0.1, 0.15) is 28.4 Å². The summed E-state index contributed by atoms with van der Waals surface area (Å²) in [5.74, 6) is -0.116. The van der Waals surface area contributed by atoms with Gasteiger partial charge in [-0.1, -0.05) is 12.1 Å². The van der Waals surface area contributed by atoms with E-state index in [1.165, 1.54) is 0 Å². The molecule has 1 aliphatic rings. The van der Waals surface area contributed by atoms with Crippen molar-refractivity contribution in [3.05, 3.63) is 59.2 Å². The van der Waals surface area contributed by atoms with Crippen LogP contribution < -0.4 is 10.2 Å². The Bertz CT molecular complexity index is 786. The monoisotopic (exact) mass is 324 g/mol. The standard InChI is InChI=1S/C19H20N2O3/c1-13(22)21-9-8-15-11-17(6-7-18(15)21)20-19(23)16-5-3-4-14(10-16)12-24-2/h3-7,10-11H,8-9,12H2,1-2H3,(H,20,23). The molecule has 124 valence electrons. The number of carbonyl (C=O) groups is 2. The van der Waals surface area contributed by atoms with Crippen molar-refractivity contribution in [3.63, 3.8) is 0 Å². The first-order chi connectivity index (χ1) is 11.6. The van der Waals surface area contributed by atoms with Gasteiger partial charge in [-0.2, -0.15) is 0 Å². The summed E-state index contributed by atoms with van der Waals surface area (Å²) in [6, 6.07) is 13.0. The average molecular weight is 324 g/mol. The lowest BCUT2D eigenvalue weighted by Crippen LogP contribution is -2.25. The SMILES string of the molecule is COCc1cccc(C(=O)Nc2ccc3c(c2)CCN3C(C)=O)c1. The molecule has 2 aromatic carbocycles. The average Bonchev–Trinajstić information content (AvgIpc) is 2.99. The number of ether oxygens (including phenoxy) is 1. The first kappa shape index (κ1) is 16.2. The first-order valence-electron chi connectivity index (χ1n) is 7.89. The molecule has 1 aliphatic heterocycles. The zero-order valence-corrected chi connectivity index (χ0v) is 13.8. The Morgan fingerprint density at radius 2 is 2.04 bits per heavy atom. The molecule has 2 amide bonds. The number of nitrogens with zero attached hydrogens (tertiary/aromatic N) is 1. The van der Waals surface area contributed by atoms with Crippen LogP contribution in [0.5, 0.6) is 0 Å². The molecule has 0 bridgehead atoms. The van der Waals surface area contributed by atoms with Gasteiger partial charge in [0.05, 0.1) is 6.61 Å². The third-order valence-corrected chi connectivity index (χ3v) is 4.11. The minimum atomic E-state index is -0.158. The predicted molar refractivity (Wildman–Crippen MR) is 93.3 cm³/mol. The highest BCUT2D eigenvalue weighted by atomic mass is 16.5. The van der Waals surface area contributed by atoms with E-state index in [1.807, 2.05) is 36.4 Å². The van der Waals surface area contributed by atoms with E-state index in [4.69, 9.17) is 4.74 Å². The zero-order valence-electron chi connectivity index (χ0n) is 13.8. The van der Waals surface area contributed by atoms with Crippen molar-refractivity contribution in [1.82, 2.24) is 0 Å². The summed E-state index contributed by atoms with van der Waals surface area (Å²) in [5, 5.41) is 2.92. The van der Waals surface area contributed by atoms with Crippen LogP contribution in [0.2, 0.25) is 0 Å². The van der Waals surface area contributed by atoms with Gasteiger partial charge in [-0.3, -0.25) is 9.59 Å².